The summed E-state index contributed by atoms with van der Waals surface area (Å²) in [6, 6.07) is 0.0373. The molecule has 0 radical (unpaired) electrons. The Morgan fingerprint density at radius 3 is 2.55 bits per heavy atom. The number of rotatable bonds is 2. The van der Waals surface area contributed by atoms with E-state index in [-0.39, 0.29) is 6.03 Å². The highest BCUT2D eigenvalue weighted by Crippen LogP contribution is 2.34. The van der Waals surface area contributed by atoms with Crippen molar-refractivity contribution in [3.8, 4) is 0 Å². The van der Waals surface area contributed by atoms with E-state index >= 15 is 0 Å². The molecule has 2 unspecified atom stereocenters. The van der Waals surface area contributed by atoms with Crippen LogP contribution < -0.4 is 0 Å². The Morgan fingerprint density at radius 1 is 1.25 bits per heavy atom. The van der Waals surface area contributed by atoms with Crippen LogP contribution in [-0.2, 0) is 4.79 Å². The van der Waals surface area contributed by atoms with Gasteiger partial charge >= 0.3 is 12.0 Å². The van der Waals surface area contributed by atoms with E-state index in [1.54, 1.807) is 4.90 Å². The van der Waals surface area contributed by atoms with Gasteiger partial charge in [0.2, 0.25) is 0 Å². The average Bonchev–Trinajstić information content (AvgIpc) is 2.46. The van der Waals surface area contributed by atoms with Crippen LogP contribution in [0.3, 0.4) is 0 Å². The molecule has 1 N–H and O–H groups in total. The highest BCUT2D eigenvalue weighted by Gasteiger charge is 2.43. The molecule has 114 valence electrons. The molecular formula is C15H26N2O3. The standard InChI is InChI=1S/C15H26N2O3/c1-3-15(13(18)19)7-5-9-17(11-15)14(20)16-8-4-6-12(2)10-16/h12H,3-11H2,1-2H3,(H,18,19). The Bertz CT molecular complexity index is 385. The summed E-state index contributed by atoms with van der Waals surface area (Å²) >= 11 is 0. The molecule has 0 aromatic carbocycles. The zero-order valence-corrected chi connectivity index (χ0v) is 12.6. The Hall–Kier alpha value is -1.26. The fraction of sp³-hybridized carbons (Fsp3) is 0.867. The normalized spacial score (nSPS) is 31.2. The van der Waals surface area contributed by atoms with E-state index in [2.05, 4.69) is 6.92 Å². The Balaban J connectivity index is 2.04. The third-order valence-electron chi connectivity index (χ3n) is 4.91. The van der Waals surface area contributed by atoms with Gasteiger partial charge < -0.3 is 14.9 Å². The van der Waals surface area contributed by atoms with Gasteiger partial charge in [-0.1, -0.05) is 13.8 Å². The molecule has 0 aromatic rings. The first-order chi connectivity index (χ1) is 9.48. The van der Waals surface area contributed by atoms with E-state index < -0.39 is 11.4 Å². The van der Waals surface area contributed by atoms with Gasteiger partial charge in [-0.05, 0) is 38.0 Å². The van der Waals surface area contributed by atoms with Gasteiger partial charge in [-0.25, -0.2) is 4.79 Å². The number of carbonyl (C=O) groups excluding carboxylic acids is 1. The summed E-state index contributed by atoms with van der Waals surface area (Å²) < 4.78 is 0. The molecule has 5 nitrogen and oxygen atoms in total. The van der Waals surface area contributed by atoms with Crippen molar-refractivity contribution < 1.29 is 14.7 Å². The molecule has 5 heteroatoms. The third-order valence-corrected chi connectivity index (χ3v) is 4.91. The lowest BCUT2D eigenvalue weighted by molar-refractivity contribution is -0.152. The largest absolute Gasteiger partial charge is 0.481 e. The van der Waals surface area contributed by atoms with Crippen LogP contribution in [-0.4, -0.2) is 53.1 Å². The smallest absolute Gasteiger partial charge is 0.320 e. The van der Waals surface area contributed by atoms with Crippen LogP contribution in [0.1, 0.15) is 46.0 Å². The molecule has 2 aliphatic heterocycles. The minimum atomic E-state index is -0.760. The fourth-order valence-corrected chi connectivity index (χ4v) is 3.47. The third kappa shape index (κ3) is 2.91. The zero-order chi connectivity index (χ0) is 14.8. The minimum Gasteiger partial charge on any atom is -0.481 e. The first kappa shape index (κ1) is 15.1. The Morgan fingerprint density at radius 2 is 1.95 bits per heavy atom. The van der Waals surface area contributed by atoms with Crippen LogP contribution in [0.4, 0.5) is 4.79 Å². The summed E-state index contributed by atoms with van der Waals surface area (Å²) in [5, 5.41) is 9.49. The molecule has 2 rings (SSSR count). The molecule has 20 heavy (non-hydrogen) atoms. The first-order valence-corrected chi connectivity index (χ1v) is 7.76. The van der Waals surface area contributed by atoms with Crippen molar-refractivity contribution in [1.29, 1.82) is 0 Å². The second-order valence-electron chi connectivity index (χ2n) is 6.44. The van der Waals surface area contributed by atoms with E-state index in [0.29, 0.717) is 31.8 Å². The van der Waals surface area contributed by atoms with E-state index in [1.807, 2.05) is 11.8 Å². The van der Waals surface area contributed by atoms with Crippen LogP contribution in [0.5, 0.6) is 0 Å². The number of urea groups is 1. The number of aliphatic carboxylic acids is 1. The highest BCUT2D eigenvalue weighted by atomic mass is 16.4. The lowest BCUT2D eigenvalue weighted by atomic mass is 9.78. The van der Waals surface area contributed by atoms with Crippen LogP contribution in [0.25, 0.3) is 0 Å². The summed E-state index contributed by atoms with van der Waals surface area (Å²) in [4.78, 5) is 27.8. The number of piperidine rings is 2. The number of nitrogens with zero attached hydrogens (tertiary/aromatic N) is 2. The van der Waals surface area contributed by atoms with Crippen LogP contribution in [0.2, 0.25) is 0 Å². The summed E-state index contributed by atoms with van der Waals surface area (Å²) in [6.07, 6.45) is 4.28. The monoisotopic (exact) mass is 282 g/mol. The van der Waals surface area contributed by atoms with Crippen molar-refractivity contribution in [2.75, 3.05) is 26.2 Å². The topological polar surface area (TPSA) is 60.9 Å². The van der Waals surface area contributed by atoms with Gasteiger partial charge in [0.05, 0.1) is 5.41 Å². The maximum atomic E-state index is 12.6. The van der Waals surface area contributed by atoms with Gasteiger partial charge in [0.25, 0.3) is 0 Å². The maximum absolute atomic E-state index is 12.6. The lowest BCUT2D eigenvalue weighted by Gasteiger charge is -2.42. The molecular weight excluding hydrogens is 256 g/mol. The van der Waals surface area contributed by atoms with Crippen LogP contribution >= 0.6 is 0 Å². The quantitative estimate of drug-likeness (QED) is 0.846. The number of hydrogen-bond acceptors (Lipinski definition) is 2. The number of carbonyl (C=O) groups is 2. The predicted octanol–water partition coefficient (Wildman–Crippen LogP) is 2.42. The van der Waals surface area contributed by atoms with Crippen molar-refractivity contribution in [2.45, 2.75) is 46.0 Å². The molecule has 0 spiro atoms. The van der Waals surface area contributed by atoms with Gasteiger partial charge in [0.1, 0.15) is 0 Å². The van der Waals surface area contributed by atoms with E-state index in [9.17, 15) is 14.7 Å². The molecule has 0 aromatic heterocycles. The zero-order valence-electron chi connectivity index (χ0n) is 12.6. The van der Waals surface area contributed by atoms with Crippen molar-refractivity contribution >= 4 is 12.0 Å². The first-order valence-electron chi connectivity index (χ1n) is 7.76. The molecule has 0 aliphatic carbocycles. The second-order valence-corrected chi connectivity index (χ2v) is 6.44. The molecule has 2 saturated heterocycles. The molecule has 0 saturated carbocycles. The molecule has 2 amide bonds. The second kappa shape index (κ2) is 6.02. The molecule has 0 bridgehead atoms. The molecule has 2 aliphatic rings. The summed E-state index contributed by atoms with van der Waals surface area (Å²) in [5.41, 5.74) is -0.741. The Labute approximate surface area is 120 Å². The van der Waals surface area contributed by atoms with Crippen LogP contribution in [0, 0.1) is 11.3 Å². The fourth-order valence-electron chi connectivity index (χ4n) is 3.47. The average molecular weight is 282 g/mol. The minimum absolute atomic E-state index is 0.0373. The molecule has 2 heterocycles. The SMILES string of the molecule is CCC1(C(=O)O)CCCN(C(=O)N2CCCC(C)C2)C1. The Kier molecular flexibility index (Phi) is 4.55. The summed E-state index contributed by atoms with van der Waals surface area (Å²) in [7, 11) is 0. The summed E-state index contributed by atoms with van der Waals surface area (Å²) in [6.45, 7) is 6.75. The van der Waals surface area contributed by atoms with Gasteiger partial charge in [-0.2, -0.15) is 0 Å². The number of carboxylic acid groups (broad SMARTS) is 1. The number of hydrogen-bond donors (Lipinski definition) is 1. The lowest BCUT2D eigenvalue weighted by Crippen LogP contribution is -2.54. The van der Waals surface area contributed by atoms with Crippen molar-refractivity contribution in [3.05, 3.63) is 0 Å². The van der Waals surface area contributed by atoms with Gasteiger partial charge in [-0.3, -0.25) is 4.79 Å². The van der Waals surface area contributed by atoms with E-state index in [4.69, 9.17) is 0 Å². The number of carboxylic acids is 1. The molecule has 2 atom stereocenters. The highest BCUT2D eigenvalue weighted by molar-refractivity contribution is 5.79. The van der Waals surface area contributed by atoms with Crippen molar-refractivity contribution in [3.63, 3.8) is 0 Å². The van der Waals surface area contributed by atoms with Crippen molar-refractivity contribution in [2.24, 2.45) is 11.3 Å². The van der Waals surface area contributed by atoms with Crippen LogP contribution in [0.15, 0.2) is 0 Å². The molecule has 2 fully saturated rings. The number of amides is 2. The van der Waals surface area contributed by atoms with E-state index in [0.717, 1.165) is 25.9 Å². The van der Waals surface area contributed by atoms with Gasteiger partial charge in [-0.15, -0.1) is 0 Å². The maximum Gasteiger partial charge on any atom is 0.320 e. The predicted molar refractivity (Wildman–Crippen MR) is 76.5 cm³/mol. The van der Waals surface area contributed by atoms with E-state index in [1.165, 1.54) is 6.42 Å². The van der Waals surface area contributed by atoms with Gasteiger partial charge in [0, 0.05) is 26.2 Å². The summed E-state index contributed by atoms with van der Waals surface area (Å²) in [5.74, 6) is -0.211. The van der Waals surface area contributed by atoms with Gasteiger partial charge in [0.15, 0.2) is 0 Å². The van der Waals surface area contributed by atoms with Crippen molar-refractivity contribution in [1.82, 2.24) is 9.80 Å². The number of likely N-dealkylation sites (tertiary alicyclic amines) is 2.